The molecule has 1 aliphatic rings. The number of H-pyrrole nitrogens is 1. The Hall–Kier alpha value is -2.54. The van der Waals surface area contributed by atoms with E-state index < -0.39 is 56.0 Å². The molecule has 0 saturated carbocycles. The van der Waals surface area contributed by atoms with Crippen LogP contribution >= 0.6 is 23.7 Å². The van der Waals surface area contributed by atoms with Crippen molar-refractivity contribution in [3.8, 4) is 5.75 Å². The SMILES string of the molecule is CCOC(=O)[C@H](C)NP(=O)(OC[C@H]1O[C@@H](n2cc(/C=C/Br)c(=O)[nH]c2=O)C[C@@H]1O)Oc1ccccc1. The maximum Gasteiger partial charge on any atom is 0.459 e. The average Bonchev–Trinajstić information content (AvgIpc) is 3.20. The van der Waals surface area contributed by atoms with Crippen molar-refractivity contribution in [1.29, 1.82) is 0 Å². The first-order chi connectivity index (χ1) is 17.2. The Morgan fingerprint density at radius 1 is 1.39 bits per heavy atom. The molecule has 0 radical (unpaired) electrons. The Balaban J connectivity index is 1.75. The molecule has 5 atom stereocenters. The number of carbonyl (C=O) groups is 1. The summed E-state index contributed by atoms with van der Waals surface area (Å²) in [6.45, 7) is 2.83. The molecule has 3 N–H and O–H groups in total. The van der Waals surface area contributed by atoms with E-state index in [2.05, 4.69) is 26.0 Å². The van der Waals surface area contributed by atoms with Crippen LogP contribution in [-0.4, -0.2) is 52.1 Å². The molecule has 1 aliphatic heterocycles. The van der Waals surface area contributed by atoms with Gasteiger partial charge >= 0.3 is 19.4 Å². The first-order valence-corrected chi connectivity index (χ1v) is 13.5. The fourth-order valence-corrected chi connectivity index (χ4v) is 5.16. The van der Waals surface area contributed by atoms with Gasteiger partial charge in [0.2, 0.25) is 0 Å². The standard InChI is InChI=1S/C22H27BrN3O9P/c1-3-32-21(29)14(2)25-36(31,35-16-7-5-4-6-8-16)33-13-18-17(27)11-19(34-18)26-12-15(9-10-23)20(28)24-22(26)30/h4-10,12,14,17-19,27H,3,11,13H2,1-2H3,(H,25,31)(H,24,28,30)/b10-9+/t14-,17-,18+,19+,36?/m0/s1. The summed E-state index contributed by atoms with van der Waals surface area (Å²) in [7, 11) is -4.15. The van der Waals surface area contributed by atoms with E-state index in [1.54, 1.807) is 37.3 Å². The molecule has 0 aliphatic carbocycles. The monoisotopic (exact) mass is 587 g/mol. The predicted octanol–water partition coefficient (Wildman–Crippen LogP) is 2.30. The van der Waals surface area contributed by atoms with Crippen molar-refractivity contribution in [2.75, 3.05) is 13.2 Å². The minimum absolute atomic E-state index is 0.00788. The second-order valence-corrected chi connectivity index (χ2v) is 10.00. The molecule has 1 aromatic heterocycles. The van der Waals surface area contributed by atoms with E-state index in [0.717, 1.165) is 4.57 Å². The van der Waals surface area contributed by atoms with Crippen LogP contribution in [0, 0.1) is 0 Å². The molecular weight excluding hydrogens is 561 g/mol. The fraction of sp³-hybridized carbons (Fsp3) is 0.409. The summed E-state index contributed by atoms with van der Waals surface area (Å²) in [5.41, 5.74) is -1.10. The van der Waals surface area contributed by atoms with Crippen LogP contribution in [0.5, 0.6) is 5.75 Å². The third-order valence-electron chi connectivity index (χ3n) is 5.12. The third-order valence-corrected chi connectivity index (χ3v) is 7.03. The first-order valence-electron chi connectivity index (χ1n) is 11.0. The topological polar surface area (TPSA) is 158 Å². The van der Waals surface area contributed by atoms with Gasteiger partial charge in [0.25, 0.3) is 5.56 Å². The van der Waals surface area contributed by atoms with Crippen LogP contribution in [0.1, 0.15) is 32.1 Å². The summed E-state index contributed by atoms with van der Waals surface area (Å²) in [6, 6.07) is 7.18. The van der Waals surface area contributed by atoms with Crippen molar-refractivity contribution >= 4 is 35.7 Å². The molecule has 1 unspecified atom stereocenters. The molecule has 2 aromatic rings. The van der Waals surface area contributed by atoms with Gasteiger partial charge in [0.15, 0.2) is 0 Å². The van der Waals surface area contributed by atoms with Gasteiger partial charge in [0, 0.05) is 12.6 Å². The number of benzene rings is 1. The molecule has 36 heavy (non-hydrogen) atoms. The number of aromatic nitrogens is 2. The Labute approximate surface area is 214 Å². The highest BCUT2D eigenvalue weighted by Crippen LogP contribution is 2.45. The van der Waals surface area contributed by atoms with Gasteiger partial charge in [-0.15, -0.1) is 0 Å². The van der Waals surface area contributed by atoms with Crippen molar-refractivity contribution in [2.24, 2.45) is 0 Å². The molecule has 0 bridgehead atoms. The lowest BCUT2D eigenvalue weighted by Gasteiger charge is -2.24. The lowest BCUT2D eigenvalue weighted by atomic mass is 10.2. The quantitative estimate of drug-likeness (QED) is 0.263. The Morgan fingerprint density at radius 3 is 2.78 bits per heavy atom. The maximum absolute atomic E-state index is 13.5. The lowest BCUT2D eigenvalue weighted by Crippen LogP contribution is -2.36. The number of para-hydroxylation sites is 1. The molecule has 2 heterocycles. The second kappa shape index (κ2) is 12.6. The highest BCUT2D eigenvalue weighted by molar-refractivity contribution is 9.11. The van der Waals surface area contributed by atoms with Crippen LogP contribution in [-0.2, 0) is 23.4 Å². The molecule has 12 nitrogen and oxygen atoms in total. The lowest BCUT2D eigenvalue weighted by molar-refractivity contribution is -0.144. The number of aliphatic hydroxyl groups excluding tert-OH is 1. The molecule has 14 heteroatoms. The predicted molar refractivity (Wildman–Crippen MR) is 134 cm³/mol. The third kappa shape index (κ3) is 7.25. The minimum atomic E-state index is -4.15. The summed E-state index contributed by atoms with van der Waals surface area (Å²) in [4.78, 5) is 40.0. The van der Waals surface area contributed by atoms with E-state index in [1.165, 1.54) is 24.2 Å². The average molecular weight is 588 g/mol. The smallest absolute Gasteiger partial charge is 0.459 e. The zero-order valence-electron chi connectivity index (χ0n) is 19.5. The van der Waals surface area contributed by atoms with Gasteiger partial charge in [0.05, 0.1) is 24.9 Å². The Bertz CT molecular complexity index is 1230. The van der Waals surface area contributed by atoms with Gasteiger partial charge in [-0.3, -0.25) is 23.7 Å². The highest BCUT2D eigenvalue weighted by atomic mass is 79.9. The molecule has 196 valence electrons. The molecule has 3 rings (SSSR count). The number of aliphatic hydroxyl groups is 1. The van der Waals surface area contributed by atoms with E-state index in [1.807, 2.05) is 0 Å². The van der Waals surface area contributed by atoms with Crippen LogP contribution in [0.25, 0.3) is 6.08 Å². The molecule has 1 aromatic carbocycles. The van der Waals surface area contributed by atoms with Gasteiger partial charge in [-0.05, 0) is 37.0 Å². The van der Waals surface area contributed by atoms with Crippen LogP contribution in [0.3, 0.4) is 0 Å². The number of halogens is 1. The summed E-state index contributed by atoms with van der Waals surface area (Å²) >= 11 is 3.08. The molecule has 1 fully saturated rings. The Morgan fingerprint density at radius 2 is 2.11 bits per heavy atom. The highest BCUT2D eigenvalue weighted by Gasteiger charge is 2.39. The molecule has 0 spiro atoms. The van der Waals surface area contributed by atoms with Gasteiger partial charge in [-0.2, -0.15) is 5.09 Å². The molecule has 0 amide bonds. The van der Waals surface area contributed by atoms with Crippen LogP contribution < -0.4 is 20.9 Å². The van der Waals surface area contributed by atoms with Crippen molar-refractivity contribution in [3.63, 3.8) is 0 Å². The van der Waals surface area contributed by atoms with E-state index in [0.29, 0.717) is 0 Å². The fourth-order valence-electron chi connectivity index (χ4n) is 3.38. The van der Waals surface area contributed by atoms with Crippen molar-refractivity contribution in [3.05, 3.63) is 67.9 Å². The van der Waals surface area contributed by atoms with Gasteiger partial charge in [-0.1, -0.05) is 34.1 Å². The summed E-state index contributed by atoms with van der Waals surface area (Å²) in [5, 5.41) is 13.1. The van der Waals surface area contributed by atoms with Crippen LogP contribution in [0.2, 0.25) is 0 Å². The summed E-state index contributed by atoms with van der Waals surface area (Å²) < 4.78 is 36.5. The van der Waals surface area contributed by atoms with Gasteiger partial charge in [-0.25, -0.2) is 9.36 Å². The number of aromatic amines is 1. The number of nitrogens with zero attached hydrogens (tertiary/aromatic N) is 1. The summed E-state index contributed by atoms with van der Waals surface area (Å²) in [6.07, 6.45) is -0.220. The van der Waals surface area contributed by atoms with Crippen LogP contribution in [0.4, 0.5) is 0 Å². The number of nitrogens with one attached hydrogen (secondary N) is 2. The zero-order valence-corrected chi connectivity index (χ0v) is 22.0. The van der Waals surface area contributed by atoms with Crippen molar-refractivity contribution in [2.45, 2.75) is 44.7 Å². The zero-order chi connectivity index (χ0) is 26.3. The number of rotatable bonds is 11. The normalized spacial score (nSPS) is 22.3. The number of esters is 1. The second-order valence-electron chi connectivity index (χ2n) is 7.78. The van der Waals surface area contributed by atoms with Crippen LogP contribution in [0.15, 0.2) is 51.1 Å². The van der Waals surface area contributed by atoms with E-state index in [4.69, 9.17) is 18.5 Å². The number of ether oxygens (including phenoxy) is 2. The number of hydrogen-bond donors (Lipinski definition) is 3. The first kappa shape index (κ1) is 28.0. The maximum atomic E-state index is 13.5. The molecular formula is C22H27BrN3O9P. The molecule has 1 saturated heterocycles. The number of carbonyl (C=O) groups excluding carboxylic acids is 1. The van der Waals surface area contributed by atoms with Gasteiger partial charge < -0.3 is 19.1 Å². The largest absolute Gasteiger partial charge is 0.465 e. The Kier molecular flexibility index (Phi) is 9.83. The van der Waals surface area contributed by atoms with E-state index in [-0.39, 0.29) is 24.3 Å². The van der Waals surface area contributed by atoms with E-state index in [9.17, 15) is 24.1 Å². The van der Waals surface area contributed by atoms with Gasteiger partial charge in [0.1, 0.15) is 24.1 Å². The van der Waals surface area contributed by atoms with Crippen molar-refractivity contribution < 1.29 is 33.0 Å². The summed E-state index contributed by atoms with van der Waals surface area (Å²) in [5.74, 6) is -0.427. The number of hydrogen-bond acceptors (Lipinski definition) is 9. The van der Waals surface area contributed by atoms with Crippen molar-refractivity contribution in [1.82, 2.24) is 14.6 Å². The minimum Gasteiger partial charge on any atom is -0.465 e. The van der Waals surface area contributed by atoms with E-state index >= 15 is 0 Å².